The Morgan fingerprint density at radius 3 is 2.69 bits per heavy atom. The monoisotopic (exact) mass is 251 g/mol. The Kier molecular flexibility index (Phi) is 3.52. The van der Waals surface area contributed by atoms with Crippen molar-refractivity contribution in [2.24, 2.45) is 0 Å². The third-order valence-corrected chi connectivity index (χ3v) is 3.93. The number of thiophene rings is 1. The van der Waals surface area contributed by atoms with Crippen molar-refractivity contribution in [3.8, 4) is 0 Å². The highest BCUT2D eigenvalue weighted by Crippen LogP contribution is 2.24. The largest absolute Gasteiger partial charge is 0.380 e. The van der Waals surface area contributed by atoms with E-state index < -0.39 is 0 Å². The van der Waals surface area contributed by atoms with E-state index in [4.69, 9.17) is 11.6 Å². The molecular weight excluding hydrogens is 238 g/mol. The van der Waals surface area contributed by atoms with Gasteiger partial charge in [0.25, 0.3) is 0 Å². The first-order valence-corrected chi connectivity index (χ1v) is 6.40. The highest BCUT2D eigenvalue weighted by molar-refractivity contribution is 7.11. The van der Waals surface area contributed by atoms with Gasteiger partial charge in [-0.05, 0) is 43.7 Å². The summed E-state index contributed by atoms with van der Waals surface area (Å²) in [6.07, 6.45) is 0. The van der Waals surface area contributed by atoms with Gasteiger partial charge in [0.05, 0.1) is 0 Å². The van der Waals surface area contributed by atoms with Crippen molar-refractivity contribution in [3.05, 3.63) is 50.7 Å². The predicted octanol–water partition coefficient (Wildman–Crippen LogP) is 4.63. The van der Waals surface area contributed by atoms with Crippen molar-refractivity contribution < 1.29 is 0 Å². The summed E-state index contributed by atoms with van der Waals surface area (Å²) >= 11 is 7.88. The summed E-state index contributed by atoms with van der Waals surface area (Å²) in [7, 11) is 0. The van der Waals surface area contributed by atoms with E-state index in [0.717, 1.165) is 22.8 Å². The molecule has 0 amide bonds. The molecule has 0 unspecified atom stereocenters. The van der Waals surface area contributed by atoms with E-state index in [1.54, 1.807) is 0 Å². The molecule has 0 aliphatic heterocycles. The highest BCUT2D eigenvalue weighted by Gasteiger charge is 2.02. The van der Waals surface area contributed by atoms with Gasteiger partial charge in [0.15, 0.2) is 0 Å². The van der Waals surface area contributed by atoms with E-state index in [1.807, 2.05) is 30.4 Å². The number of rotatable bonds is 3. The minimum atomic E-state index is 0.812. The lowest BCUT2D eigenvalue weighted by molar-refractivity contribution is 1.18. The second kappa shape index (κ2) is 4.89. The summed E-state index contributed by atoms with van der Waals surface area (Å²) in [6, 6.07) is 10.2. The lowest BCUT2D eigenvalue weighted by Gasteiger charge is -2.09. The molecule has 0 spiro atoms. The van der Waals surface area contributed by atoms with Gasteiger partial charge in [0.2, 0.25) is 0 Å². The van der Waals surface area contributed by atoms with Crippen LogP contribution in [0, 0.1) is 13.8 Å². The van der Waals surface area contributed by atoms with Gasteiger partial charge < -0.3 is 5.32 Å². The van der Waals surface area contributed by atoms with Crippen LogP contribution in [0.15, 0.2) is 30.3 Å². The van der Waals surface area contributed by atoms with Crippen molar-refractivity contribution in [2.45, 2.75) is 20.4 Å². The van der Waals surface area contributed by atoms with Gasteiger partial charge in [0.1, 0.15) is 0 Å². The lowest BCUT2D eigenvalue weighted by Crippen LogP contribution is -1.99. The van der Waals surface area contributed by atoms with Gasteiger partial charge in [-0.15, -0.1) is 11.3 Å². The van der Waals surface area contributed by atoms with Crippen LogP contribution in [0.1, 0.15) is 15.3 Å². The molecule has 1 aromatic heterocycles. The van der Waals surface area contributed by atoms with E-state index in [0.29, 0.717) is 0 Å². The van der Waals surface area contributed by atoms with Crippen LogP contribution in [0.3, 0.4) is 0 Å². The molecule has 1 heterocycles. The van der Waals surface area contributed by atoms with Crippen LogP contribution in [-0.2, 0) is 6.54 Å². The number of aryl methyl sites for hydroxylation is 1. The van der Waals surface area contributed by atoms with E-state index in [1.165, 1.54) is 9.75 Å². The summed E-state index contributed by atoms with van der Waals surface area (Å²) in [6.45, 7) is 5.02. The van der Waals surface area contributed by atoms with Crippen molar-refractivity contribution in [1.29, 1.82) is 0 Å². The number of hydrogen-bond acceptors (Lipinski definition) is 2. The van der Waals surface area contributed by atoms with Crippen LogP contribution in [0.5, 0.6) is 0 Å². The Morgan fingerprint density at radius 2 is 2.00 bits per heavy atom. The third-order valence-electron chi connectivity index (χ3n) is 2.52. The van der Waals surface area contributed by atoms with Crippen LogP contribution >= 0.6 is 22.9 Å². The van der Waals surface area contributed by atoms with Crippen LogP contribution in [0.25, 0.3) is 0 Å². The van der Waals surface area contributed by atoms with Crippen molar-refractivity contribution >= 4 is 28.6 Å². The van der Waals surface area contributed by atoms with E-state index in [-0.39, 0.29) is 0 Å². The maximum absolute atomic E-state index is 6.06. The first kappa shape index (κ1) is 11.5. The summed E-state index contributed by atoms with van der Waals surface area (Å²) in [5, 5.41) is 4.22. The molecule has 0 aliphatic rings. The van der Waals surface area contributed by atoms with Crippen molar-refractivity contribution in [3.63, 3.8) is 0 Å². The molecule has 3 heteroatoms. The number of anilines is 1. The normalized spacial score (nSPS) is 10.4. The van der Waals surface area contributed by atoms with Gasteiger partial charge >= 0.3 is 0 Å². The first-order valence-electron chi connectivity index (χ1n) is 5.21. The summed E-state index contributed by atoms with van der Waals surface area (Å²) < 4.78 is 0. The van der Waals surface area contributed by atoms with Gasteiger partial charge in [-0.25, -0.2) is 0 Å². The molecule has 0 saturated carbocycles. The molecule has 1 N–H and O–H groups in total. The SMILES string of the molecule is Cc1ccc(CNc2cccc(Cl)c2C)s1. The standard InChI is InChI=1S/C13H14ClNS/c1-9-6-7-11(16-9)8-15-13-5-3-4-12(14)10(13)2/h3-7,15H,8H2,1-2H3. The second-order valence-corrected chi connectivity index (χ2v) is 5.56. The quantitative estimate of drug-likeness (QED) is 0.839. The Hall–Kier alpha value is -0.990. The average Bonchev–Trinajstić information content (AvgIpc) is 2.67. The molecule has 0 saturated heterocycles. The fraction of sp³-hybridized carbons (Fsp3) is 0.231. The molecule has 0 bridgehead atoms. The molecule has 0 fully saturated rings. The zero-order valence-electron chi connectivity index (χ0n) is 9.38. The molecular formula is C13H14ClNS. The third kappa shape index (κ3) is 2.57. The molecule has 2 aromatic rings. The maximum atomic E-state index is 6.06. The number of nitrogens with one attached hydrogen (secondary N) is 1. The fourth-order valence-electron chi connectivity index (χ4n) is 1.56. The van der Waals surface area contributed by atoms with E-state index in [2.05, 4.69) is 30.4 Å². The van der Waals surface area contributed by atoms with Crippen LogP contribution < -0.4 is 5.32 Å². The van der Waals surface area contributed by atoms with Gasteiger partial charge in [0, 0.05) is 27.0 Å². The highest BCUT2D eigenvalue weighted by atomic mass is 35.5. The van der Waals surface area contributed by atoms with E-state index >= 15 is 0 Å². The maximum Gasteiger partial charge on any atom is 0.0494 e. The van der Waals surface area contributed by atoms with Crippen molar-refractivity contribution in [1.82, 2.24) is 0 Å². The Bertz CT molecular complexity index is 490. The first-order chi connectivity index (χ1) is 7.66. The lowest BCUT2D eigenvalue weighted by atomic mass is 10.2. The van der Waals surface area contributed by atoms with Crippen LogP contribution in [0.2, 0.25) is 5.02 Å². The average molecular weight is 252 g/mol. The summed E-state index contributed by atoms with van der Waals surface area (Å²) in [5.41, 5.74) is 2.22. The molecule has 0 aliphatic carbocycles. The number of halogens is 1. The zero-order chi connectivity index (χ0) is 11.5. The summed E-state index contributed by atoms with van der Waals surface area (Å²) in [5.74, 6) is 0. The minimum Gasteiger partial charge on any atom is -0.380 e. The molecule has 2 rings (SSSR count). The van der Waals surface area contributed by atoms with E-state index in [9.17, 15) is 0 Å². The molecule has 0 radical (unpaired) electrons. The van der Waals surface area contributed by atoms with Gasteiger partial charge in [-0.3, -0.25) is 0 Å². The Labute approximate surface area is 105 Å². The smallest absolute Gasteiger partial charge is 0.0494 e. The predicted molar refractivity (Wildman–Crippen MR) is 72.6 cm³/mol. The summed E-state index contributed by atoms with van der Waals surface area (Å²) in [4.78, 5) is 2.69. The molecule has 1 nitrogen and oxygen atoms in total. The number of benzene rings is 1. The Morgan fingerprint density at radius 1 is 1.19 bits per heavy atom. The van der Waals surface area contributed by atoms with Gasteiger partial charge in [-0.1, -0.05) is 17.7 Å². The van der Waals surface area contributed by atoms with Crippen LogP contribution in [-0.4, -0.2) is 0 Å². The molecule has 16 heavy (non-hydrogen) atoms. The topological polar surface area (TPSA) is 12.0 Å². The van der Waals surface area contributed by atoms with Gasteiger partial charge in [-0.2, -0.15) is 0 Å². The van der Waals surface area contributed by atoms with Crippen LogP contribution in [0.4, 0.5) is 5.69 Å². The molecule has 1 aromatic carbocycles. The minimum absolute atomic E-state index is 0.812. The zero-order valence-corrected chi connectivity index (χ0v) is 11.0. The fourth-order valence-corrected chi connectivity index (χ4v) is 2.57. The molecule has 0 atom stereocenters. The second-order valence-electron chi connectivity index (χ2n) is 3.78. The number of hydrogen-bond donors (Lipinski definition) is 1. The molecule has 84 valence electrons. The van der Waals surface area contributed by atoms with Crippen molar-refractivity contribution in [2.75, 3.05) is 5.32 Å². The Balaban J connectivity index is 2.07.